The van der Waals surface area contributed by atoms with E-state index in [-0.39, 0.29) is 18.2 Å². The standard InChI is InChI=1S/C15H16BrN3O2/c16-13-5-2-1-4-12(13)6-7-14(20)18-10-3-11-19-15(21)8-9-17/h1-2,4-7H,3,8,10-11H2,(H,18,20)(H,19,21)/b7-6+. The fraction of sp³-hybridized carbons (Fsp3) is 0.267. The molecule has 0 atom stereocenters. The van der Waals surface area contributed by atoms with Crippen molar-refractivity contribution in [3.63, 3.8) is 0 Å². The molecule has 5 nitrogen and oxygen atoms in total. The number of nitrogens with zero attached hydrogens (tertiary/aromatic N) is 1. The summed E-state index contributed by atoms with van der Waals surface area (Å²) < 4.78 is 0.925. The molecule has 0 aliphatic heterocycles. The Morgan fingerprint density at radius 3 is 2.67 bits per heavy atom. The van der Waals surface area contributed by atoms with Crippen molar-refractivity contribution in [2.45, 2.75) is 12.8 Å². The molecule has 2 N–H and O–H groups in total. The van der Waals surface area contributed by atoms with Gasteiger partial charge in [-0.05, 0) is 24.1 Å². The van der Waals surface area contributed by atoms with E-state index in [4.69, 9.17) is 5.26 Å². The molecule has 0 saturated heterocycles. The van der Waals surface area contributed by atoms with Gasteiger partial charge in [0.2, 0.25) is 11.8 Å². The van der Waals surface area contributed by atoms with Crippen molar-refractivity contribution in [1.82, 2.24) is 10.6 Å². The minimum absolute atomic E-state index is 0.138. The normalized spacial score (nSPS) is 10.1. The van der Waals surface area contributed by atoms with E-state index in [0.29, 0.717) is 19.5 Å². The summed E-state index contributed by atoms with van der Waals surface area (Å²) in [5.41, 5.74) is 0.927. The number of nitrogens with one attached hydrogen (secondary N) is 2. The molecular weight excluding hydrogens is 334 g/mol. The third-order valence-corrected chi connectivity index (χ3v) is 3.26. The van der Waals surface area contributed by atoms with Gasteiger partial charge in [-0.2, -0.15) is 5.26 Å². The van der Waals surface area contributed by atoms with Crippen LogP contribution in [-0.4, -0.2) is 24.9 Å². The highest BCUT2D eigenvalue weighted by Crippen LogP contribution is 2.16. The average molecular weight is 350 g/mol. The lowest BCUT2D eigenvalue weighted by atomic mass is 10.2. The van der Waals surface area contributed by atoms with Crippen molar-refractivity contribution in [2.24, 2.45) is 0 Å². The Labute approximate surface area is 132 Å². The van der Waals surface area contributed by atoms with E-state index in [1.807, 2.05) is 24.3 Å². The van der Waals surface area contributed by atoms with Gasteiger partial charge in [-0.25, -0.2) is 0 Å². The average Bonchev–Trinajstić information content (AvgIpc) is 2.46. The second-order valence-corrected chi connectivity index (χ2v) is 5.04. The number of hydrogen-bond acceptors (Lipinski definition) is 3. The number of amides is 2. The Morgan fingerprint density at radius 1 is 1.24 bits per heavy atom. The zero-order valence-electron chi connectivity index (χ0n) is 11.4. The largest absolute Gasteiger partial charge is 0.355 e. The molecule has 1 aromatic carbocycles. The molecular formula is C15H16BrN3O2. The van der Waals surface area contributed by atoms with Crippen LogP contribution in [0.15, 0.2) is 34.8 Å². The summed E-state index contributed by atoms with van der Waals surface area (Å²) in [6.45, 7) is 0.903. The van der Waals surface area contributed by atoms with Gasteiger partial charge in [-0.3, -0.25) is 9.59 Å². The molecule has 0 aromatic heterocycles. The molecule has 21 heavy (non-hydrogen) atoms. The van der Waals surface area contributed by atoms with Crippen LogP contribution in [-0.2, 0) is 9.59 Å². The van der Waals surface area contributed by atoms with Crippen molar-refractivity contribution in [2.75, 3.05) is 13.1 Å². The van der Waals surface area contributed by atoms with Gasteiger partial charge in [0.1, 0.15) is 6.42 Å². The van der Waals surface area contributed by atoms with Crippen molar-refractivity contribution in [1.29, 1.82) is 5.26 Å². The van der Waals surface area contributed by atoms with E-state index >= 15 is 0 Å². The third-order valence-electron chi connectivity index (χ3n) is 2.53. The van der Waals surface area contributed by atoms with E-state index in [9.17, 15) is 9.59 Å². The van der Waals surface area contributed by atoms with Gasteiger partial charge in [0.15, 0.2) is 0 Å². The predicted octanol–water partition coefficient (Wildman–Crippen LogP) is 2.00. The van der Waals surface area contributed by atoms with E-state index < -0.39 is 0 Å². The van der Waals surface area contributed by atoms with E-state index in [1.165, 1.54) is 6.08 Å². The molecule has 6 heteroatoms. The first-order valence-corrected chi connectivity index (χ1v) is 7.27. The maximum absolute atomic E-state index is 11.6. The molecule has 1 rings (SSSR count). The molecule has 0 bridgehead atoms. The molecule has 0 aliphatic carbocycles. The zero-order chi connectivity index (χ0) is 15.5. The quantitative estimate of drug-likeness (QED) is 0.583. The van der Waals surface area contributed by atoms with E-state index in [1.54, 1.807) is 12.1 Å². The third kappa shape index (κ3) is 7.28. The molecule has 0 saturated carbocycles. The second-order valence-electron chi connectivity index (χ2n) is 4.18. The first-order chi connectivity index (χ1) is 10.1. The monoisotopic (exact) mass is 349 g/mol. The van der Waals surface area contributed by atoms with Gasteiger partial charge in [0, 0.05) is 23.6 Å². The maximum Gasteiger partial charge on any atom is 0.244 e. The molecule has 0 unspecified atom stereocenters. The minimum atomic E-state index is -0.294. The van der Waals surface area contributed by atoms with Crippen LogP contribution >= 0.6 is 15.9 Å². The minimum Gasteiger partial charge on any atom is -0.355 e. The Hall–Kier alpha value is -2.13. The fourth-order valence-corrected chi connectivity index (χ4v) is 1.91. The van der Waals surface area contributed by atoms with Crippen LogP contribution in [0.1, 0.15) is 18.4 Å². The molecule has 0 fully saturated rings. The number of nitriles is 1. The molecule has 1 aromatic rings. The number of benzene rings is 1. The van der Waals surface area contributed by atoms with Gasteiger partial charge < -0.3 is 10.6 Å². The summed E-state index contributed by atoms with van der Waals surface area (Å²) in [4.78, 5) is 22.6. The van der Waals surface area contributed by atoms with Crippen molar-refractivity contribution in [3.8, 4) is 6.07 Å². The fourth-order valence-electron chi connectivity index (χ4n) is 1.50. The number of halogens is 1. The van der Waals surface area contributed by atoms with Crippen LogP contribution in [0.4, 0.5) is 0 Å². The Balaban J connectivity index is 2.22. The molecule has 0 spiro atoms. The summed E-state index contributed by atoms with van der Waals surface area (Å²) in [7, 11) is 0. The van der Waals surface area contributed by atoms with Crippen LogP contribution in [0.2, 0.25) is 0 Å². The van der Waals surface area contributed by atoms with Crippen molar-refractivity contribution < 1.29 is 9.59 Å². The SMILES string of the molecule is N#CCC(=O)NCCCNC(=O)/C=C/c1ccccc1Br. The number of rotatable bonds is 7. The maximum atomic E-state index is 11.6. The van der Waals surface area contributed by atoms with E-state index in [0.717, 1.165) is 10.0 Å². The predicted molar refractivity (Wildman–Crippen MR) is 84.0 cm³/mol. The molecule has 0 radical (unpaired) electrons. The van der Waals surface area contributed by atoms with Crippen LogP contribution in [0, 0.1) is 11.3 Å². The highest BCUT2D eigenvalue weighted by atomic mass is 79.9. The summed E-state index contributed by atoms with van der Waals surface area (Å²) in [5.74, 6) is -0.480. The summed E-state index contributed by atoms with van der Waals surface area (Å²) >= 11 is 3.40. The van der Waals surface area contributed by atoms with Gasteiger partial charge in [-0.1, -0.05) is 34.1 Å². The van der Waals surface area contributed by atoms with Crippen LogP contribution in [0.25, 0.3) is 6.08 Å². The number of carbonyl (C=O) groups excluding carboxylic acids is 2. The van der Waals surface area contributed by atoms with Crippen molar-refractivity contribution >= 4 is 33.8 Å². The summed E-state index contributed by atoms with van der Waals surface area (Å²) in [5, 5.41) is 13.6. The van der Waals surface area contributed by atoms with Crippen LogP contribution in [0.3, 0.4) is 0 Å². The van der Waals surface area contributed by atoms with Crippen LogP contribution < -0.4 is 10.6 Å². The van der Waals surface area contributed by atoms with Gasteiger partial charge in [0.05, 0.1) is 6.07 Å². The molecule has 110 valence electrons. The number of hydrogen-bond donors (Lipinski definition) is 2. The Morgan fingerprint density at radius 2 is 1.95 bits per heavy atom. The first-order valence-electron chi connectivity index (χ1n) is 6.47. The van der Waals surface area contributed by atoms with Crippen LogP contribution in [0.5, 0.6) is 0 Å². The molecule has 0 aliphatic rings. The number of carbonyl (C=O) groups is 2. The summed E-state index contributed by atoms with van der Waals surface area (Å²) in [6.07, 6.45) is 3.68. The Kier molecular flexibility index (Phi) is 7.84. The zero-order valence-corrected chi connectivity index (χ0v) is 13.0. The van der Waals surface area contributed by atoms with Gasteiger partial charge in [-0.15, -0.1) is 0 Å². The Bertz CT molecular complexity index is 564. The molecule has 0 heterocycles. The van der Waals surface area contributed by atoms with E-state index in [2.05, 4.69) is 26.6 Å². The lowest BCUT2D eigenvalue weighted by molar-refractivity contribution is -0.120. The van der Waals surface area contributed by atoms with Gasteiger partial charge in [0.25, 0.3) is 0 Å². The highest BCUT2D eigenvalue weighted by molar-refractivity contribution is 9.10. The lowest BCUT2D eigenvalue weighted by Gasteiger charge is -2.03. The lowest BCUT2D eigenvalue weighted by Crippen LogP contribution is -2.28. The first kappa shape index (κ1) is 16.9. The van der Waals surface area contributed by atoms with Gasteiger partial charge >= 0.3 is 0 Å². The molecule has 2 amide bonds. The smallest absolute Gasteiger partial charge is 0.244 e. The topological polar surface area (TPSA) is 82.0 Å². The second kappa shape index (κ2) is 9.72. The summed E-state index contributed by atoms with van der Waals surface area (Å²) in [6, 6.07) is 9.37. The highest BCUT2D eigenvalue weighted by Gasteiger charge is 1.99. The van der Waals surface area contributed by atoms with Crippen molar-refractivity contribution in [3.05, 3.63) is 40.4 Å².